The first-order chi connectivity index (χ1) is 9.66. The number of halogens is 3. The first-order valence-corrected chi connectivity index (χ1v) is 8.19. The Hall–Kier alpha value is -0.290. The van der Waals surface area contributed by atoms with Crippen LogP contribution in [0.3, 0.4) is 0 Å². The van der Waals surface area contributed by atoms with Gasteiger partial charge in [0, 0.05) is 25.7 Å². The second kappa shape index (κ2) is 7.82. The summed E-state index contributed by atoms with van der Waals surface area (Å²) in [5, 5.41) is 3.45. The van der Waals surface area contributed by atoms with Crippen LogP contribution >= 0.6 is 0 Å². The van der Waals surface area contributed by atoms with Crippen LogP contribution in [0.25, 0.3) is 0 Å². The topological polar surface area (TPSA) is 15.3 Å². The Kier molecular flexibility index (Phi) is 6.98. The summed E-state index contributed by atoms with van der Waals surface area (Å²) in [5.74, 6) is -1.14. The van der Waals surface area contributed by atoms with Crippen molar-refractivity contribution in [3.63, 3.8) is 0 Å². The molecular formula is C16H31F3N2. The molecule has 1 aliphatic heterocycles. The van der Waals surface area contributed by atoms with E-state index in [2.05, 4.69) is 33.0 Å². The van der Waals surface area contributed by atoms with Crippen molar-refractivity contribution < 1.29 is 13.2 Å². The molecule has 0 amide bonds. The molecule has 0 saturated carbocycles. The zero-order valence-corrected chi connectivity index (χ0v) is 13.9. The molecule has 0 aromatic rings. The number of hydrogen-bond donors (Lipinski definition) is 1. The Morgan fingerprint density at radius 2 is 1.95 bits per heavy atom. The Morgan fingerprint density at radius 1 is 1.29 bits per heavy atom. The van der Waals surface area contributed by atoms with Crippen molar-refractivity contribution in [2.24, 2.45) is 11.3 Å². The third kappa shape index (κ3) is 6.55. The van der Waals surface area contributed by atoms with Gasteiger partial charge in [0.25, 0.3) is 0 Å². The molecule has 2 unspecified atom stereocenters. The molecule has 0 aromatic carbocycles. The van der Waals surface area contributed by atoms with Crippen molar-refractivity contribution in [3.05, 3.63) is 0 Å². The molecule has 2 nitrogen and oxygen atoms in total. The average molecular weight is 308 g/mol. The third-order valence-electron chi connectivity index (χ3n) is 4.36. The van der Waals surface area contributed by atoms with Crippen LogP contribution in [0, 0.1) is 11.3 Å². The largest absolute Gasteiger partial charge is 0.393 e. The number of nitrogens with zero attached hydrogens (tertiary/aromatic N) is 1. The van der Waals surface area contributed by atoms with E-state index in [0.29, 0.717) is 12.5 Å². The van der Waals surface area contributed by atoms with E-state index < -0.39 is 12.1 Å². The molecular weight excluding hydrogens is 277 g/mol. The fraction of sp³-hybridized carbons (Fsp3) is 1.00. The lowest BCUT2D eigenvalue weighted by Crippen LogP contribution is -2.48. The van der Waals surface area contributed by atoms with Crippen LogP contribution in [0.1, 0.15) is 53.4 Å². The molecule has 1 saturated heterocycles. The molecule has 2 atom stereocenters. The minimum atomic E-state index is -4.05. The Balaban J connectivity index is 2.61. The fourth-order valence-corrected chi connectivity index (χ4v) is 3.28. The van der Waals surface area contributed by atoms with Crippen LogP contribution in [-0.4, -0.2) is 43.3 Å². The van der Waals surface area contributed by atoms with Crippen LogP contribution in [0.15, 0.2) is 0 Å². The monoisotopic (exact) mass is 308 g/mol. The van der Waals surface area contributed by atoms with E-state index in [4.69, 9.17) is 0 Å². The Morgan fingerprint density at radius 3 is 2.48 bits per heavy atom. The molecule has 5 heteroatoms. The number of piperidine rings is 1. The van der Waals surface area contributed by atoms with Gasteiger partial charge in [-0.25, -0.2) is 0 Å². The normalized spacial score (nSPS) is 24.3. The molecule has 1 heterocycles. The minimum absolute atomic E-state index is 0.0481. The molecule has 0 aliphatic carbocycles. The van der Waals surface area contributed by atoms with Gasteiger partial charge >= 0.3 is 6.18 Å². The Labute approximate surface area is 127 Å². The van der Waals surface area contributed by atoms with Crippen LogP contribution in [0.5, 0.6) is 0 Å². The van der Waals surface area contributed by atoms with E-state index in [1.54, 1.807) is 0 Å². The van der Waals surface area contributed by atoms with E-state index in [-0.39, 0.29) is 18.4 Å². The van der Waals surface area contributed by atoms with Crippen molar-refractivity contribution in [2.75, 3.05) is 26.2 Å². The molecule has 126 valence electrons. The van der Waals surface area contributed by atoms with Crippen molar-refractivity contribution in [1.29, 1.82) is 0 Å². The molecule has 0 radical (unpaired) electrons. The molecule has 1 N–H and O–H groups in total. The number of hydrogen-bond acceptors (Lipinski definition) is 2. The van der Waals surface area contributed by atoms with Gasteiger partial charge in [0.05, 0.1) is 5.92 Å². The summed E-state index contributed by atoms with van der Waals surface area (Å²) in [6, 6.07) is 0.408. The van der Waals surface area contributed by atoms with Crippen LogP contribution in [0.2, 0.25) is 0 Å². The van der Waals surface area contributed by atoms with E-state index in [1.165, 1.54) is 0 Å². The summed E-state index contributed by atoms with van der Waals surface area (Å²) in [5.41, 5.74) is 0.0481. The highest BCUT2D eigenvalue weighted by molar-refractivity contribution is 4.85. The van der Waals surface area contributed by atoms with Crippen molar-refractivity contribution in [1.82, 2.24) is 10.2 Å². The summed E-state index contributed by atoms with van der Waals surface area (Å²) < 4.78 is 38.7. The van der Waals surface area contributed by atoms with Crippen molar-refractivity contribution >= 4 is 0 Å². The number of alkyl halides is 3. The fourth-order valence-electron chi connectivity index (χ4n) is 3.28. The van der Waals surface area contributed by atoms with Gasteiger partial charge in [0.1, 0.15) is 0 Å². The first kappa shape index (κ1) is 18.8. The maximum absolute atomic E-state index is 12.9. The highest BCUT2D eigenvalue weighted by Gasteiger charge is 2.42. The van der Waals surface area contributed by atoms with Gasteiger partial charge in [-0.15, -0.1) is 0 Å². The van der Waals surface area contributed by atoms with E-state index in [0.717, 1.165) is 32.5 Å². The smallest absolute Gasteiger partial charge is 0.314 e. The summed E-state index contributed by atoms with van der Waals surface area (Å²) in [4.78, 5) is 2.03. The lowest BCUT2D eigenvalue weighted by molar-refractivity contribution is -0.187. The zero-order valence-electron chi connectivity index (χ0n) is 13.9. The van der Waals surface area contributed by atoms with Crippen molar-refractivity contribution in [2.45, 2.75) is 65.6 Å². The molecule has 21 heavy (non-hydrogen) atoms. The zero-order chi connectivity index (χ0) is 16.1. The highest BCUT2D eigenvalue weighted by atomic mass is 19.4. The lowest BCUT2D eigenvalue weighted by Gasteiger charge is -2.40. The van der Waals surface area contributed by atoms with Crippen LogP contribution < -0.4 is 5.32 Å². The van der Waals surface area contributed by atoms with Gasteiger partial charge in [-0.3, -0.25) is 0 Å². The van der Waals surface area contributed by atoms with Crippen molar-refractivity contribution in [3.8, 4) is 0 Å². The molecule has 0 aromatic heterocycles. The van der Waals surface area contributed by atoms with Gasteiger partial charge in [-0.2, -0.15) is 13.2 Å². The summed E-state index contributed by atoms with van der Waals surface area (Å²) in [6.07, 6.45) is -0.999. The summed E-state index contributed by atoms with van der Waals surface area (Å²) >= 11 is 0. The number of rotatable bonds is 7. The van der Waals surface area contributed by atoms with Gasteiger partial charge in [-0.1, -0.05) is 34.1 Å². The maximum Gasteiger partial charge on any atom is 0.393 e. The molecule has 1 rings (SSSR count). The third-order valence-corrected chi connectivity index (χ3v) is 4.36. The SMILES string of the molecule is CCCC(C)(CNC(C)C)CN1CCCC(C(F)(F)F)C1. The molecule has 1 aliphatic rings. The van der Waals surface area contributed by atoms with Crippen LogP contribution in [-0.2, 0) is 0 Å². The van der Waals surface area contributed by atoms with Gasteiger partial charge in [0.15, 0.2) is 0 Å². The number of likely N-dealkylation sites (tertiary alicyclic amines) is 1. The van der Waals surface area contributed by atoms with Crippen LogP contribution in [0.4, 0.5) is 13.2 Å². The first-order valence-electron chi connectivity index (χ1n) is 8.19. The average Bonchev–Trinajstić information content (AvgIpc) is 2.36. The lowest BCUT2D eigenvalue weighted by atomic mass is 9.83. The molecule has 0 bridgehead atoms. The molecule has 0 spiro atoms. The second-order valence-electron chi connectivity index (χ2n) is 7.21. The minimum Gasteiger partial charge on any atom is -0.314 e. The van der Waals surface area contributed by atoms with Gasteiger partial charge in [0.2, 0.25) is 0 Å². The standard InChI is InChI=1S/C16H31F3N2/c1-5-8-15(4,11-20-13(2)3)12-21-9-6-7-14(10-21)16(17,18)19/h13-14,20H,5-12H2,1-4H3. The number of nitrogens with one attached hydrogen (secondary N) is 1. The molecule has 1 fully saturated rings. The van der Waals surface area contributed by atoms with E-state index in [1.807, 2.05) is 4.90 Å². The predicted octanol–water partition coefficient (Wildman–Crippen LogP) is 4.07. The second-order valence-corrected chi connectivity index (χ2v) is 7.21. The van der Waals surface area contributed by atoms with Gasteiger partial charge in [-0.05, 0) is 31.2 Å². The van der Waals surface area contributed by atoms with Gasteiger partial charge < -0.3 is 10.2 Å². The Bertz CT molecular complexity index is 304. The predicted molar refractivity (Wildman–Crippen MR) is 81.4 cm³/mol. The maximum atomic E-state index is 12.9. The quantitative estimate of drug-likeness (QED) is 0.763. The van der Waals surface area contributed by atoms with E-state index >= 15 is 0 Å². The highest BCUT2D eigenvalue weighted by Crippen LogP contribution is 2.34. The summed E-state index contributed by atoms with van der Waals surface area (Å²) in [7, 11) is 0. The van der Waals surface area contributed by atoms with E-state index in [9.17, 15) is 13.2 Å². The summed E-state index contributed by atoms with van der Waals surface area (Å²) in [6.45, 7) is 11.1.